The molecule has 0 aromatic heterocycles. The number of ketones is 4. The van der Waals surface area contributed by atoms with E-state index in [1.54, 1.807) is 24.3 Å². The second-order valence-corrected chi connectivity index (χ2v) is 58.0. The van der Waals surface area contributed by atoms with Crippen LogP contribution in [0.2, 0.25) is 0 Å². The van der Waals surface area contributed by atoms with Crippen molar-refractivity contribution in [3.63, 3.8) is 0 Å². The van der Waals surface area contributed by atoms with Crippen LogP contribution in [-0.4, -0.2) is 113 Å². The van der Waals surface area contributed by atoms with Crippen molar-refractivity contribution in [2.75, 3.05) is 26.1 Å². The Labute approximate surface area is 836 Å². The number of nitrogens with one attached hydrogen (secondary N) is 2. The van der Waals surface area contributed by atoms with Crippen LogP contribution in [-0.2, 0) is 38.3 Å². The molecule has 2 amide bonds. The molecule has 0 aliphatic heterocycles. The largest absolute Gasteiger partial charge is 0.504 e. The zero-order valence-corrected chi connectivity index (χ0v) is 92.1. The van der Waals surface area contributed by atoms with Gasteiger partial charge in [0.25, 0.3) is 0 Å². The van der Waals surface area contributed by atoms with Gasteiger partial charge in [0.1, 0.15) is 0 Å². The van der Waals surface area contributed by atoms with E-state index in [9.17, 15) is 53.4 Å². The first-order chi connectivity index (χ1) is 64.0. The number of aliphatic hydroxyl groups is 4. The van der Waals surface area contributed by atoms with Gasteiger partial charge in [-0.05, 0) is 421 Å². The molecular weight excluding hydrogens is 1740 g/mol. The van der Waals surface area contributed by atoms with Gasteiger partial charge in [-0.15, -0.1) is 0 Å². The van der Waals surface area contributed by atoms with Crippen molar-refractivity contribution in [3.8, 4) is 0 Å². The predicted octanol–water partition coefficient (Wildman–Crippen LogP) is 27.9. The van der Waals surface area contributed by atoms with E-state index in [0.717, 1.165) is 165 Å². The summed E-state index contributed by atoms with van der Waals surface area (Å²) in [6.07, 6.45) is 59.3. The van der Waals surface area contributed by atoms with Crippen molar-refractivity contribution in [1.29, 1.82) is 0 Å². The van der Waals surface area contributed by atoms with Crippen LogP contribution in [0.4, 0.5) is 0 Å². The number of aliphatic hydroxyl groups excluding tert-OH is 4. The van der Waals surface area contributed by atoms with Gasteiger partial charge in [0.15, 0.2) is 23.0 Å². The Kier molecular flexibility index (Phi) is 24.3. The lowest BCUT2D eigenvalue weighted by molar-refractivity contribution is -0.162. The quantitative estimate of drug-likeness (QED) is 0.131. The first-order valence-corrected chi connectivity index (χ1v) is 56.3. The minimum Gasteiger partial charge on any atom is -0.504 e. The molecule has 0 bridgehead atoms. The molecule has 0 spiro atoms. The summed E-state index contributed by atoms with van der Waals surface area (Å²) in [6.45, 7) is 62.4. The summed E-state index contributed by atoms with van der Waals surface area (Å²) in [5.41, 5.74) is 18.7. The molecule has 14 nitrogen and oxygen atoms in total. The highest BCUT2D eigenvalue weighted by molar-refractivity contribution is 7.99. The van der Waals surface area contributed by atoms with Crippen LogP contribution in [0.25, 0.3) is 0 Å². The Morgan fingerprint density at radius 1 is 0.374 bits per heavy atom. The number of hydrogen-bond donors (Lipinski definition) is 6. The summed E-state index contributed by atoms with van der Waals surface area (Å²) in [6, 6.07) is 0. The SMILES string of the molecule is C=S(C)(=O)C[C@]1(C)CC[C@]2(C)CC[C@]3(C)C4=CC=C5C(=CC(=O)C(O)=C5C)[C@]4(C)CC[C@@]3(C)[C@@H]2C1.CC1=C(O)C(=O)C=C2C1=CC=C1[C@@]2(C)CC[C@@]2(C)[C@@H]3C[C@](C)(N(C)C)CC[C@]3(C)CC[C@]12C.CC1=C(O)C(=O)C=C2C1=CC=C1[C@@]2(C)CC[C@@]2(C)[C@@H]3C[C@](C)(NC(=O)C(C)C)CC[C@]3(C)CC[C@]12C.CCC(=O)N[C@]1(C)CC[C@]2(C)CC[C@]3(C)C4=CC=C5C(=CC(=O)C(O)=C5C)[C@]4(C)CC[C@@]3(C)[C@@H]2C1. The smallest absolute Gasteiger partial charge is 0.222 e. The van der Waals surface area contributed by atoms with Gasteiger partial charge in [-0.25, -0.2) is 0 Å². The fourth-order valence-electron chi connectivity index (χ4n) is 36.2. The molecule has 0 aromatic rings. The first kappa shape index (κ1) is 103. The Morgan fingerprint density at radius 2 is 0.633 bits per heavy atom. The Balaban J connectivity index is 0.000000128. The zero-order chi connectivity index (χ0) is 102. The number of amides is 2. The van der Waals surface area contributed by atoms with Crippen molar-refractivity contribution in [1.82, 2.24) is 15.5 Å². The molecule has 139 heavy (non-hydrogen) atoms. The normalized spacial score (nSPS) is 45.6. The Hall–Kier alpha value is -7.36. The summed E-state index contributed by atoms with van der Waals surface area (Å²) in [5.74, 6) is 5.90. The monoisotopic (exact) mass is 1910 g/mol. The highest BCUT2D eigenvalue weighted by atomic mass is 32.2. The van der Waals surface area contributed by atoms with Gasteiger partial charge in [0, 0.05) is 84.9 Å². The van der Waals surface area contributed by atoms with Crippen LogP contribution in [0.1, 0.15) is 373 Å². The molecule has 12 fully saturated rings. The zero-order valence-electron chi connectivity index (χ0n) is 91.2. The molecule has 25 atom stereocenters. The van der Waals surface area contributed by atoms with Gasteiger partial charge in [0.05, 0.1) is 0 Å². The van der Waals surface area contributed by atoms with Gasteiger partial charge in [-0.3, -0.25) is 33.0 Å². The third-order valence-corrected chi connectivity index (χ3v) is 48.3. The average Bonchev–Trinajstić information content (AvgIpc) is 0.686. The lowest BCUT2D eigenvalue weighted by Gasteiger charge is -2.70. The lowest BCUT2D eigenvalue weighted by Crippen LogP contribution is -2.64. The van der Waals surface area contributed by atoms with E-state index in [-0.39, 0.29) is 156 Å². The van der Waals surface area contributed by atoms with E-state index < -0.39 is 9.52 Å². The Bertz CT molecular complexity index is 6060. The molecule has 0 saturated heterocycles. The Morgan fingerprint density at radius 3 is 0.906 bits per heavy atom. The highest BCUT2D eigenvalue weighted by Gasteiger charge is 2.73. The van der Waals surface area contributed by atoms with Crippen molar-refractivity contribution >= 4 is 50.3 Å². The number of nitrogens with zero attached hydrogens (tertiary/aromatic N) is 1. The van der Waals surface area contributed by atoms with Crippen LogP contribution in [0.5, 0.6) is 0 Å². The maximum Gasteiger partial charge on any atom is 0.222 e. The van der Waals surface area contributed by atoms with Crippen molar-refractivity contribution in [3.05, 3.63) is 185 Å². The summed E-state index contributed by atoms with van der Waals surface area (Å²) < 4.78 is 12.8. The molecular formula is C124H175N3O11S. The van der Waals surface area contributed by atoms with E-state index in [2.05, 4.69) is 223 Å². The molecule has 6 N–H and O–H groups in total. The maximum absolute atomic E-state index is 12.8. The second kappa shape index (κ2) is 32.8. The highest BCUT2D eigenvalue weighted by Crippen LogP contribution is 2.82. The van der Waals surface area contributed by atoms with Crippen LogP contribution in [0.15, 0.2) is 185 Å². The van der Waals surface area contributed by atoms with E-state index in [1.807, 2.05) is 54.7 Å². The first-order valence-electron chi connectivity index (χ1n) is 54.0. The minimum absolute atomic E-state index is 0.00506. The fraction of sp³-hybridized carbons (Fsp3) is 0.685. The summed E-state index contributed by atoms with van der Waals surface area (Å²) in [4.78, 5) is 78.2. The molecule has 758 valence electrons. The number of fused-ring (bicyclic) bond motifs is 28. The standard InChI is InChI=1S/C32H45NO3.C31H43NO3.C31H44O3S.C30H43NO2/c1-19(2)27(36)33-29(5)13-11-28(4)12-15-31(7)24-10-9-21-20(3)26(35)23(34)17-22(21)30(24,6)14-16-32(31,8)25(28)18-29;1-8-25(34)32-28(4)13-11-27(3)12-15-30(6)23-10-9-20-19(2)26(35)22(33)17-21(20)29(23,5)14-16-31(30,7)24(27)18-28;1-20-21-9-10-24-29(4,22(21)17-23(32)26(20)33)14-16-31(6)25-18-27(2,19-35(7,8)34)11-12-28(25,3)13-15-30(24,31)5;1-19-20-9-10-23-28(4,21(20)17-22(32)25(19)33)14-16-30(6)24-18-27(3,31(7)8)13-11-26(24,2)12-15-29(23,30)5/h9-10,17,19,25,35H,11-16,18H2,1-8H3,(H,33,36);9-10,17,24,35H,8,11-16,18H2,1-7H3,(H,32,34);9-10,17,25,33H,7,11-16,18-19H2,1-6,8H3;9-10,17,24,33H,11-16,18H2,1-8H3/t25-,28-,29-,30+,31-,32+;24-,27-,28-,29+,30-,31+;25-,27-,28-,29+,30-,31+,35?;24-,26-,27-,28+,29-,30+/m1111/s1. The summed E-state index contributed by atoms with van der Waals surface area (Å²) in [5, 5.41) is 48.2. The van der Waals surface area contributed by atoms with Gasteiger partial charge >= 0.3 is 0 Å². The van der Waals surface area contributed by atoms with Crippen LogP contribution >= 0.6 is 0 Å². The predicted molar refractivity (Wildman–Crippen MR) is 566 cm³/mol. The van der Waals surface area contributed by atoms with Crippen molar-refractivity contribution in [2.24, 2.45) is 122 Å². The molecule has 15 heteroatoms. The van der Waals surface area contributed by atoms with Crippen LogP contribution in [0, 0.1) is 122 Å². The molecule has 20 aliphatic rings. The summed E-state index contributed by atoms with van der Waals surface area (Å²) >= 11 is 0. The molecule has 1 unspecified atom stereocenters. The number of carbonyl (C=O) groups is 6. The second-order valence-electron chi connectivity index (χ2n) is 55.4. The van der Waals surface area contributed by atoms with Crippen LogP contribution < -0.4 is 10.6 Å². The summed E-state index contributed by atoms with van der Waals surface area (Å²) in [7, 11) is 2.48. The number of allylic oxidation sites excluding steroid dienone is 28. The molecule has 20 aliphatic carbocycles. The number of hydrogen-bond acceptors (Lipinski definition) is 12. The van der Waals surface area contributed by atoms with Crippen molar-refractivity contribution < 1.29 is 53.4 Å². The lowest BCUT2D eigenvalue weighted by atomic mass is 9.34. The van der Waals surface area contributed by atoms with Crippen LogP contribution in [0.3, 0.4) is 0 Å². The van der Waals surface area contributed by atoms with E-state index >= 15 is 0 Å². The topological polar surface area (TPSA) is 228 Å². The fourth-order valence-corrected chi connectivity index (χ4v) is 38.0. The third kappa shape index (κ3) is 14.9. The average molecular weight is 1920 g/mol. The maximum atomic E-state index is 12.8. The molecule has 0 radical (unpaired) electrons. The number of carbonyl (C=O) groups excluding carboxylic acids is 6. The molecule has 0 aromatic carbocycles. The van der Waals surface area contributed by atoms with Gasteiger partial charge in [-0.2, -0.15) is 0 Å². The van der Waals surface area contributed by atoms with Gasteiger partial charge in [0.2, 0.25) is 34.9 Å². The molecule has 0 heterocycles. The van der Waals surface area contributed by atoms with E-state index in [0.29, 0.717) is 63.1 Å². The van der Waals surface area contributed by atoms with Crippen molar-refractivity contribution in [2.45, 2.75) is 390 Å². The third-order valence-electron chi connectivity index (χ3n) is 47.0. The van der Waals surface area contributed by atoms with E-state index in [1.165, 1.54) is 92.9 Å². The van der Waals surface area contributed by atoms with Gasteiger partial charge in [-0.1, -0.05) is 209 Å². The molecule has 12 saturated carbocycles. The minimum atomic E-state index is -2.04. The molecule has 20 rings (SSSR count). The van der Waals surface area contributed by atoms with Gasteiger partial charge < -0.3 is 36.0 Å². The number of rotatable bonds is 7. The van der Waals surface area contributed by atoms with E-state index in [4.69, 9.17) is 0 Å².